The van der Waals surface area contributed by atoms with Gasteiger partial charge in [0.1, 0.15) is 17.7 Å². The van der Waals surface area contributed by atoms with Crippen LogP contribution < -0.4 is 4.74 Å². The molecule has 16 heavy (non-hydrogen) atoms. The summed E-state index contributed by atoms with van der Waals surface area (Å²) in [7, 11) is 0. The normalized spacial score (nSPS) is 27.3. The molecule has 1 aromatic carbocycles. The monoisotopic (exact) mass is 262 g/mol. The third-order valence-electron chi connectivity index (χ3n) is 3.23. The molecule has 1 aliphatic rings. The van der Waals surface area contributed by atoms with Gasteiger partial charge in [0.15, 0.2) is 0 Å². The minimum absolute atomic E-state index is 0.0376. The Morgan fingerprint density at radius 2 is 2.12 bits per heavy atom. The molecular formula is C12H13Cl2FO. The van der Waals surface area contributed by atoms with Gasteiger partial charge in [-0.15, -0.1) is 11.6 Å². The molecule has 0 radical (unpaired) electrons. The summed E-state index contributed by atoms with van der Waals surface area (Å²) >= 11 is 11.7. The molecule has 0 bridgehead atoms. The lowest BCUT2D eigenvalue weighted by Crippen LogP contribution is -2.53. The first-order valence-corrected chi connectivity index (χ1v) is 5.98. The molecule has 0 aromatic heterocycles. The zero-order valence-corrected chi connectivity index (χ0v) is 10.6. The van der Waals surface area contributed by atoms with Gasteiger partial charge in [0.05, 0.1) is 5.02 Å². The molecule has 1 saturated carbocycles. The number of hydrogen-bond acceptors (Lipinski definition) is 1. The summed E-state index contributed by atoms with van der Waals surface area (Å²) in [4.78, 5) is 0. The molecule has 2 unspecified atom stereocenters. The molecule has 1 fully saturated rings. The lowest BCUT2D eigenvalue weighted by molar-refractivity contribution is -0.0131. The van der Waals surface area contributed by atoms with Crippen LogP contribution in [0.1, 0.15) is 20.3 Å². The van der Waals surface area contributed by atoms with Crippen LogP contribution in [-0.2, 0) is 0 Å². The van der Waals surface area contributed by atoms with E-state index in [4.69, 9.17) is 27.9 Å². The average Bonchev–Trinajstić information content (AvgIpc) is 2.23. The highest BCUT2D eigenvalue weighted by molar-refractivity contribution is 6.30. The second kappa shape index (κ2) is 4.08. The molecule has 0 aliphatic heterocycles. The Balaban J connectivity index is 2.08. The summed E-state index contributed by atoms with van der Waals surface area (Å²) in [6.07, 6.45) is 0.828. The van der Waals surface area contributed by atoms with Crippen molar-refractivity contribution >= 4 is 23.2 Å². The van der Waals surface area contributed by atoms with Crippen LogP contribution in [0.4, 0.5) is 4.39 Å². The fourth-order valence-electron chi connectivity index (χ4n) is 1.75. The van der Waals surface area contributed by atoms with E-state index >= 15 is 0 Å². The predicted octanol–water partition coefficient (Wildman–Crippen LogP) is 4.26. The van der Waals surface area contributed by atoms with Crippen molar-refractivity contribution in [2.24, 2.45) is 5.41 Å². The minimum Gasteiger partial charge on any atom is -0.490 e. The Labute approximate surface area is 105 Å². The van der Waals surface area contributed by atoms with Gasteiger partial charge >= 0.3 is 0 Å². The van der Waals surface area contributed by atoms with Gasteiger partial charge in [-0.2, -0.15) is 0 Å². The van der Waals surface area contributed by atoms with E-state index in [1.807, 2.05) is 13.8 Å². The smallest absolute Gasteiger partial charge is 0.145 e. The standard InChI is InChI=1S/C12H13Cl2FO/c1-12(2)10(14)6-11(12)16-7-3-4-8(13)9(15)5-7/h3-5,10-11H,6H2,1-2H3. The van der Waals surface area contributed by atoms with E-state index in [0.717, 1.165) is 6.42 Å². The van der Waals surface area contributed by atoms with Crippen molar-refractivity contribution in [2.75, 3.05) is 0 Å². The molecule has 2 atom stereocenters. The van der Waals surface area contributed by atoms with Crippen LogP contribution in [0.25, 0.3) is 0 Å². The number of alkyl halides is 1. The fourth-order valence-corrected chi connectivity index (χ4v) is 2.17. The Hall–Kier alpha value is -0.470. The first kappa shape index (κ1) is 12.0. The first-order valence-electron chi connectivity index (χ1n) is 5.17. The van der Waals surface area contributed by atoms with Crippen molar-refractivity contribution in [3.05, 3.63) is 29.0 Å². The Kier molecular flexibility index (Phi) is 3.06. The topological polar surface area (TPSA) is 9.23 Å². The van der Waals surface area contributed by atoms with Crippen LogP contribution in [0.5, 0.6) is 5.75 Å². The zero-order chi connectivity index (χ0) is 11.9. The van der Waals surface area contributed by atoms with Crippen molar-refractivity contribution < 1.29 is 9.13 Å². The third kappa shape index (κ3) is 2.01. The van der Waals surface area contributed by atoms with Crippen LogP contribution in [0, 0.1) is 11.2 Å². The molecule has 1 aromatic rings. The summed E-state index contributed by atoms with van der Waals surface area (Å²) in [6, 6.07) is 4.47. The van der Waals surface area contributed by atoms with Crippen LogP contribution in [0.15, 0.2) is 18.2 Å². The second-order valence-corrected chi connectivity index (χ2v) is 5.64. The van der Waals surface area contributed by atoms with Gasteiger partial charge in [0.2, 0.25) is 0 Å². The number of rotatable bonds is 2. The van der Waals surface area contributed by atoms with Gasteiger partial charge < -0.3 is 4.74 Å². The highest BCUT2D eigenvalue weighted by Gasteiger charge is 2.49. The molecule has 0 amide bonds. The average molecular weight is 263 g/mol. The van der Waals surface area contributed by atoms with Crippen LogP contribution in [-0.4, -0.2) is 11.5 Å². The first-order chi connectivity index (χ1) is 7.41. The van der Waals surface area contributed by atoms with Crippen molar-refractivity contribution in [1.29, 1.82) is 0 Å². The van der Waals surface area contributed by atoms with E-state index in [9.17, 15) is 4.39 Å². The zero-order valence-electron chi connectivity index (χ0n) is 9.14. The predicted molar refractivity (Wildman–Crippen MR) is 63.9 cm³/mol. The summed E-state index contributed by atoms with van der Waals surface area (Å²) in [5.74, 6) is 0.0438. The molecule has 88 valence electrons. The second-order valence-electron chi connectivity index (χ2n) is 4.71. The molecule has 0 heterocycles. The Morgan fingerprint density at radius 3 is 2.62 bits per heavy atom. The fraction of sp³-hybridized carbons (Fsp3) is 0.500. The Bertz CT molecular complexity index is 406. The molecule has 1 nitrogen and oxygen atoms in total. The van der Waals surface area contributed by atoms with E-state index in [1.165, 1.54) is 12.1 Å². The lowest BCUT2D eigenvalue weighted by Gasteiger charge is -2.48. The van der Waals surface area contributed by atoms with Gasteiger partial charge in [0, 0.05) is 23.3 Å². The van der Waals surface area contributed by atoms with Crippen LogP contribution in [0.2, 0.25) is 5.02 Å². The van der Waals surface area contributed by atoms with Gasteiger partial charge in [-0.3, -0.25) is 0 Å². The maximum atomic E-state index is 13.2. The maximum absolute atomic E-state index is 13.2. The van der Waals surface area contributed by atoms with E-state index < -0.39 is 5.82 Å². The summed E-state index contributed by atoms with van der Waals surface area (Å²) < 4.78 is 18.9. The van der Waals surface area contributed by atoms with Crippen molar-refractivity contribution in [1.82, 2.24) is 0 Å². The number of hydrogen-bond donors (Lipinski definition) is 0. The van der Waals surface area contributed by atoms with Crippen LogP contribution in [0.3, 0.4) is 0 Å². The number of ether oxygens (including phenoxy) is 1. The summed E-state index contributed by atoms with van der Waals surface area (Å²) in [5.41, 5.74) is -0.0718. The van der Waals surface area contributed by atoms with Crippen LogP contribution >= 0.6 is 23.2 Å². The highest BCUT2D eigenvalue weighted by Crippen LogP contribution is 2.46. The SMILES string of the molecule is CC1(C)C(Cl)CC1Oc1ccc(Cl)c(F)c1. The van der Waals surface area contributed by atoms with Gasteiger partial charge in [0.25, 0.3) is 0 Å². The molecule has 0 saturated heterocycles. The molecule has 1 aliphatic carbocycles. The largest absolute Gasteiger partial charge is 0.490 e. The summed E-state index contributed by atoms with van der Waals surface area (Å²) in [5, 5.41) is 0.227. The summed E-state index contributed by atoms with van der Waals surface area (Å²) in [6.45, 7) is 4.09. The highest BCUT2D eigenvalue weighted by atomic mass is 35.5. The molecule has 0 spiro atoms. The van der Waals surface area contributed by atoms with E-state index in [0.29, 0.717) is 5.75 Å². The Morgan fingerprint density at radius 1 is 1.44 bits per heavy atom. The van der Waals surface area contributed by atoms with E-state index in [1.54, 1.807) is 6.07 Å². The maximum Gasteiger partial charge on any atom is 0.145 e. The van der Waals surface area contributed by atoms with Crippen molar-refractivity contribution in [3.8, 4) is 5.75 Å². The number of benzene rings is 1. The van der Waals surface area contributed by atoms with E-state index in [2.05, 4.69) is 0 Å². The van der Waals surface area contributed by atoms with Gasteiger partial charge in [-0.1, -0.05) is 25.4 Å². The quantitative estimate of drug-likeness (QED) is 0.724. The van der Waals surface area contributed by atoms with Gasteiger partial charge in [-0.05, 0) is 12.1 Å². The molecule has 0 N–H and O–H groups in total. The lowest BCUT2D eigenvalue weighted by atomic mass is 9.68. The van der Waals surface area contributed by atoms with Gasteiger partial charge in [-0.25, -0.2) is 4.39 Å². The third-order valence-corrected chi connectivity index (χ3v) is 4.27. The van der Waals surface area contributed by atoms with Crippen molar-refractivity contribution in [2.45, 2.75) is 31.7 Å². The number of halogens is 3. The van der Waals surface area contributed by atoms with Crippen molar-refractivity contribution in [3.63, 3.8) is 0 Å². The molecule has 4 heteroatoms. The molecule has 2 rings (SSSR count). The minimum atomic E-state index is -0.460. The molecular weight excluding hydrogens is 250 g/mol. The van der Waals surface area contributed by atoms with E-state index in [-0.39, 0.29) is 21.9 Å².